The second-order valence-electron chi connectivity index (χ2n) is 19.6. The van der Waals surface area contributed by atoms with E-state index in [0.29, 0.717) is 0 Å². The molecule has 0 atom stereocenters. The van der Waals surface area contributed by atoms with Gasteiger partial charge in [0, 0.05) is 27.7 Å². The number of furan rings is 1. The molecule has 0 saturated heterocycles. The van der Waals surface area contributed by atoms with Crippen LogP contribution < -0.4 is 4.90 Å². The molecule has 3 aliphatic carbocycles. The third-order valence-corrected chi connectivity index (χ3v) is 15.7. The molecule has 0 unspecified atom stereocenters. The summed E-state index contributed by atoms with van der Waals surface area (Å²) in [4.78, 5) is 2.46. The average Bonchev–Trinajstić information content (AvgIpc) is 4.09. The van der Waals surface area contributed by atoms with Crippen LogP contribution in [-0.2, 0) is 10.8 Å². The zero-order chi connectivity index (χ0) is 46.7. The van der Waals surface area contributed by atoms with Gasteiger partial charge in [0.1, 0.15) is 11.3 Å². The van der Waals surface area contributed by atoms with Crippen molar-refractivity contribution in [2.75, 3.05) is 4.90 Å². The van der Waals surface area contributed by atoms with E-state index >= 15 is 0 Å². The fourth-order valence-corrected chi connectivity index (χ4v) is 12.7. The summed E-state index contributed by atoms with van der Waals surface area (Å²) in [6, 6.07) is 80.9. The SMILES string of the molecule is C=Cc1oc2cc3ccccc3cc2c1/C=C/c1ccccc1N(c1ccc(-c2cccc3c2C(C)(C)c2ccccc2-3)cc1)c1ccc2c(c1)C1(c3ccccc3-c3ccccc31)c1ccccc1-2. The van der Waals surface area contributed by atoms with Gasteiger partial charge in [-0.3, -0.25) is 0 Å². The van der Waals surface area contributed by atoms with Gasteiger partial charge in [-0.05, 0) is 149 Å². The van der Waals surface area contributed by atoms with Gasteiger partial charge in [-0.1, -0.05) is 202 Å². The molecule has 1 spiro atoms. The van der Waals surface area contributed by atoms with Gasteiger partial charge in [0.05, 0.1) is 11.1 Å². The standard InChI is InChI=1S/C68H47NO/c1-4-64-55(57-40-45-19-5-6-20-46(45)41-65(57)70-64)38-34-44-18-7-16-31-63(44)69(47-35-32-43(33-36-47)49-25-17-26-56-53-24-8-12-27-58(53)67(2,3)66(49)56)48-37-39-54-52-23-11-15-30-61(52)68(62(54)42-48)59-28-13-9-21-50(59)51-22-10-14-29-60(51)68/h4-42H,1H2,2-3H3/b38-34+. The van der Waals surface area contributed by atoms with Crippen molar-refractivity contribution in [3.8, 4) is 44.5 Å². The lowest BCUT2D eigenvalue weighted by Crippen LogP contribution is -2.26. The van der Waals surface area contributed by atoms with Crippen molar-refractivity contribution in [1.82, 2.24) is 0 Å². The molecule has 1 heterocycles. The Morgan fingerprint density at radius 2 is 0.971 bits per heavy atom. The first-order valence-electron chi connectivity index (χ1n) is 24.4. The van der Waals surface area contributed by atoms with Gasteiger partial charge in [-0.15, -0.1) is 0 Å². The molecule has 11 aromatic rings. The third kappa shape index (κ3) is 5.62. The lowest BCUT2D eigenvalue weighted by atomic mass is 9.70. The van der Waals surface area contributed by atoms with Crippen LogP contribution in [0.5, 0.6) is 0 Å². The maximum absolute atomic E-state index is 6.45. The summed E-state index contributed by atoms with van der Waals surface area (Å²) in [5.41, 5.74) is 23.9. The Balaban J connectivity index is 0.966. The average molecular weight is 894 g/mol. The molecule has 0 fully saturated rings. The number of nitrogens with zero attached hydrogens (tertiary/aromatic N) is 1. The molecular formula is C68H47NO. The second kappa shape index (κ2) is 15.1. The number of para-hydroxylation sites is 1. The Hall–Kier alpha value is -8.72. The molecule has 0 amide bonds. The van der Waals surface area contributed by atoms with Crippen LogP contribution in [-0.4, -0.2) is 0 Å². The van der Waals surface area contributed by atoms with Crippen molar-refractivity contribution < 1.29 is 4.42 Å². The third-order valence-electron chi connectivity index (χ3n) is 15.7. The van der Waals surface area contributed by atoms with Crippen molar-refractivity contribution in [3.05, 3.63) is 275 Å². The monoisotopic (exact) mass is 893 g/mol. The topological polar surface area (TPSA) is 16.4 Å². The van der Waals surface area contributed by atoms with Crippen molar-refractivity contribution in [3.63, 3.8) is 0 Å². The van der Waals surface area contributed by atoms with Crippen LogP contribution in [0, 0.1) is 0 Å². The fourth-order valence-electron chi connectivity index (χ4n) is 12.7. The highest BCUT2D eigenvalue weighted by Gasteiger charge is 2.51. The lowest BCUT2D eigenvalue weighted by Gasteiger charge is -2.32. The molecular weight excluding hydrogens is 847 g/mol. The minimum Gasteiger partial charge on any atom is -0.456 e. The maximum Gasteiger partial charge on any atom is 0.136 e. The molecule has 330 valence electrons. The Bertz CT molecular complexity index is 3950. The highest BCUT2D eigenvalue weighted by Crippen LogP contribution is 2.63. The van der Waals surface area contributed by atoms with E-state index in [1.54, 1.807) is 0 Å². The summed E-state index contributed by atoms with van der Waals surface area (Å²) >= 11 is 0. The van der Waals surface area contributed by atoms with Gasteiger partial charge in [-0.2, -0.15) is 0 Å². The minimum atomic E-state index is -0.476. The second-order valence-corrected chi connectivity index (χ2v) is 19.6. The van der Waals surface area contributed by atoms with Crippen LogP contribution in [0.4, 0.5) is 17.1 Å². The Kier molecular flexibility index (Phi) is 8.73. The summed E-state index contributed by atoms with van der Waals surface area (Å²) < 4.78 is 6.45. The molecule has 1 aromatic heterocycles. The summed E-state index contributed by atoms with van der Waals surface area (Å²) in [6.07, 6.45) is 6.27. The van der Waals surface area contributed by atoms with Gasteiger partial charge in [0.2, 0.25) is 0 Å². The highest BCUT2D eigenvalue weighted by molar-refractivity contribution is 6.03. The number of anilines is 3. The number of hydrogen-bond donors (Lipinski definition) is 0. The predicted octanol–water partition coefficient (Wildman–Crippen LogP) is 18.2. The molecule has 0 N–H and O–H groups in total. The van der Waals surface area contributed by atoms with Crippen molar-refractivity contribution in [2.24, 2.45) is 0 Å². The molecule has 14 rings (SSSR count). The van der Waals surface area contributed by atoms with Crippen LogP contribution in [0.3, 0.4) is 0 Å². The molecule has 0 bridgehead atoms. The quantitative estimate of drug-likeness (QED) is 0.158. The van der Waals surface area contributed by atoms with Gasteiger partial charge >= 0.3 is 0 Å². The van der Waals surface area contributed by atoms with E-state index in [0.717, 1.165) is 50.3 Å². The number of rotatable bonds is 7. The van der Waals surface area contributed by atoms with E-state index in [2.05, 4.69) is 256 Å². The first-order chi connectivity index (χ1) is 34.4. The summed E-state index contributed by atoms with van der Waals surface area (Å²) in [5.74, 6) is 0.755. The van der Waals surface area contributed by atoms with E-state index < -0.39 is 5.41 Å². The zero-order valence-corrected chi connectivity index (χ0v) is 39.1. The van der Waals surface area contributed by atoms with E-state index in [4.69, 9.17) is 4.42 Å². The lowest BCUT2D eigenvalue weighted by molar-refractivity contribution is 0.604. The van der Waals surface area contributed by atoms with Gasteiger partial charge in [0.15, 0.2) is 0 Å². The molecule has 0 aliphatic heterocycles. The number of benzene rings is 10. The number of fused-ring (bicyclic) bond motifs is 15. The molecule has 0 radical (unpaired) electrons. The minimum absolute atomic E-state index is 0.132. The molecule has 10 aromatic carbocycles. The van der Waals surface area contributed by atoms with Crippen LogP contribution in [0.25, 0.3) is 84.5 Å². The summed E-state index contributed by atoms with van der Waals surface area (Å²) in [6.45, 7) is 8.91. The maximum atomic E-state index is 6.45. The van der Waals surface area contributed by atoms with E-state index in [1.807, 2.05) is 6.08 Å². The predicted molar refractivity (Wildman–Crippen MR) is 293 cm³/mol. The van der Waals surface area contributed by atoms with Crippen molar-refractivity contribution in [2.45, 2.75) is 24.7 Å². The molecule has 2 heteroatoms. The summed E-state index contributed by atoms with van der Waals surface area (Å²) in [5, 5.41) is 3.39. The van der Waals surface area contributed by atoms with Gasteiger partial charge in [0.25, 0.3) is 0 Å². The normalized spacial score (nSPS) is 14.1. The van der Waals surface area contributed by atoms with E-state index in [9.17, 15) is 0 Å². The van der Waals surface area contributed by atoms with E-state index in [1.165, 1.54) is 83.3 Å². The molecule has 2 nitrogen and oxygen atoms in total. The van der Waals surface area contributed by atoms with Crippen LogP contribution in [0.2, 0.25) is 0 Å². The van der Waals surface area contributed by atoms with Crippen LogP contribution in [0.15, 0.2) is 229 Å². The van der Waals surface area contributed by atoms with Crippen LogP contribution in [0.1, 0.15) is 64.1 Å². The van der Waals surface area contributed by atoms with Crippen LogP contribution >= 0.6 is 0 Å². The molecule has 3 aliphatic rings. The fraction of sp³-hybridized carbons (Fsp3) is 0.0588. The largest absolute Gasteiger partial charge is 0.456 e. The summed E-state index contributed by atoms with van der Waals surface area (Å²) in [7, 11) is 0. The Morgan fingerprint density at radius 3 is 1.64 bits per heavy atom. The molecule has 70 heavy (non-hydrogen) atoms. The smallest absolute Gasteiger partial charge is 0.136 e. The first kappa shape index (κ1) is 40.4. The zero-order valence-electron chi connectivity index (χ0n) is 39.1. The van der Waals surface area contributed by atoms with Crippen molar-refractivity contribution >= 4 is 57.0 Å². The Morgan fingerprint density at radius 1 is 0.443 bits per heavy atom. The van der Waals surface area contributed by atoms with E-state index in [-0.39, 0.29) is 5.41 Å². The van der Waals surface area contributed by atoms with Gasteiger partial charge < -0.3 is 9.32 Å². The Labute approximate surface area is 408 Å². The van der Waals surface area contributed by atoms with Crippen molar-refractivity contribution in [1.29, 1.82) is 0 Å². The number of hydrogen-bond acceptors (Lipinski definition) is 2. The van der Waals surface area contributed by atoms with Gasteiger partial charge in [-0.25, -0.2) is 0 Å². The first-order valence-corrected chi connectivity index (χ1v) is 24.4. The molecule has 0 saturated carbocycles. The highest BCUT2D eigenvalue weighted by atomic mass is 16.3.